The number of nitrogens with zero attached hydrogens (tertiary/aromatic N) is 1. The highest BCUT2D eigenvalue weighted by molar-refractivity contribution is 7.84. The zero-order chi connectivity index (χ0) is 12.0. The van der Waals surface area contributed by atoms with Crippen molar-refractivity contribution >= 4 is 10.8 Å². The Bertz CT molecular complexity index is 235. The molecule has 96 valence electrons. The Morgan fingerprint density at radius 3 is 2.88 bits per heavy atom. The number of rotatable bonds is 5. The van der Waals surface area contributed by atoms with Crippen LogP contribution in [0.15, 0.2) is 0 Å². The van der Waals surface area contributed by atoms with Gasteiger partial charge in [-0.15, -0.1) is 0 Å². The van der Waals surface area contributed by atoms with E-state index < -0.39 is 10.8 Å². The third-order valence-electron chi connectivity index (χ3n) is 3.46. The zero-order valence-corrected chi connectivity index (χ0v) is 11.7. The lowest BCUT2D eigenvalue weighted by Crippen LogP contribution is -2.48. The average molecular weight is 246 g/mol. The molecule has 16 heavy (non-hydrogen) atoms. The van der Waals surface area contributed by atoms with Gasteiger partial charge in [0, 0.05) is 34.9 Å². The highest BCUT2D eigenvalue weighted by atomic mass is 32.2. The minimum absolute atomic E-state index is 0.266. The van der Waals surface area contributed by atoms with Gasteiger partial charge in [0.15, 0.2) is 0 Å². The van der Waals surface area contributed by atoms with Crippen LogP contribution in [0.5, 0.6) is 0 Å². The molecule has 1 heterocycles. The quantitative estimate of drug-likeness (QED) is 0.791. The predicted octanol–water partition coefficient (Wildman–Crippen LogP) is 1.22. The minimum atomic E-state index is -0.638. The summed E-state index contributed by atoms with van der Waals surface area (Å²) in [4.78, 5) is 2.52. The normalized spacial score (nSPS) is 29.9. The molecular formula is C12H26N2OS. The van der Waals surface area contributed by atoms with E-state index in [0.29, 0.717) is 0 Å². The van der Waals surface area contributed by atoms with Crippen LogP contribution in [0.4, 0.5) is 0 Å². The average Bonchev–Trinajstić information content (AvgIpc) is 2.41. The SMILES string of the molecule is CCC1(C)CN(CCCS(C)=O)CCCN1. The summed E-state index contributed by atoms with van der Waals surface area (Å²) in [6.45, 7) is 9.08. The van der Waals surface area contributed by atoms with Gasteiger partial charge in [-0.25, -0.2) is 0 Å². The highest BCUT2D eigenvalue weighted by Gasteiger charge is 2.26. The molecule has 0 aromatic heterocycles. The van der Waals surface area contributed by atoms with Gasteiger partial charge in [-0.2, -0.15) is 0 Å². The largest absolute Gasteiger partial charge is 0.310 e. The third-order valence-corrected chi connectivity index (χ3v) is 4.33. The molecule has 0 radical (unpaired) electrons. The van der Waals surface area contributed by atoms with Crippen LogP contribution in [0.25, 0.3) is 0 Å². The fourth-order valence-corrected chi connectivity index (χ4v) is 2.78. The molecule has 1 saturated heterocycles. The Kier molecular flexibility index (Phi) is 5.94. The van der Waals surface area contributed by atoms with Crippen LogP contribution in [0.1, 0.15) is 33.1 Å². The van der Waals surface area contributed by atoms with Crippen molar-refractivity contribution in [3.8, 4) is 0 Å². The van der Waals surface area contributed by atoms with E-state index in [4.69, 9.17) is 0 Å². The summed E-state index contributed by atoms with van der Waals surface area (Å²) < 4.78 is 11.0. The molecule has 1 rings (SSSR count). The molecule has 0 aromatic carbocycles. The lowest BCUT2D eigenvalue weighted by Gasteiger charge is -2.32. The number of hydrogen-bond acceptors (Lipinski definition) is 3. The topological polar surface area (TPSA) is 32.3 Å². The first kappa shape index (κ1) is 14.1. The first-order chi connectivity index (χ1) is 7.56. The summed E-state index contributed by atoms with van der Waals surface area (Å²) in [7, 11) is -0.638. The monoisotopic (exact) mass is 246 g/mol. The van der Waals surface area contributed by atoms with Crippen molar-refractivity contribution in [3.63, 3.8) is 0 Å². The Labute approximate surface area is 102 Å². The van der Waals surface area contributed by atoms with E-state index in [9.17, 15) is 4.21 Å². The van der Waals surface area contributed by atoms with E-state index in [2.05, 4.69) is 24.1 Å². The van der Waals surface area contributed by atoms with E-state index in [-0.39, 0.29) is 5.54 Å². The van der Waals surface area contributed by atoms with Gasteiger partial charge in [0.05, 0.1) is 0 Å². The van der Waals surface area contributed by atoms with E-state index in [1.807, 2.05) is 0 Å². The molecule has 1 fully saturated rings. The van der Waals surface area contributed by atoms with Crippen molar-refractivity contribution in [3.05, 3.63) is 0 Å². The number of hydrogen-bond donors (Lipinski definition) is 1. The molecule has 4 heteroatoms. The fraction of sp³-hybridized carbons (Fsp3) is 1.00. The summed E-state index contributed by atoms with van der Waals surface area (Å²) in [6.07, 6.45) is 5.25. The van der Waals surface area contributed by atoms with E-state index >= 15 is 0 Å². The van der Waals surface area contributed by atoms with E-state index in [0.717, 1.165) is 31.8 Å². The van der Waals surface area contributed by atoms with Gasteiger partial charge in [-0.1, -0.05) is 6.92 Å². The fourth-order valence-electron chi connectivity index (χ4n) is 2.24. The molecule has 0 spiro atoms. The standard InChI is InChI=1S/C12H26N2OS/c1-4-12(2)11-14(8-5-7-13-12)9-6-10-16(3)15/h13H,4-11H2,1-3H3. The van der Waals surface area contributed by atoms with Gasteiger partial charge in [-0.05, 0) is 45.8 Å². The maximum atomic E-state index is 11.0. The Morgan fingerprint density at radius 1 is 1.50 bits per heavy atom. The molecule has 1 aliphatic rings. The second kappa shape index (κ2) is 6.72. The second-order valence-corrected chi connectivity index (χ2v) is 6.66. The van der Waals surface area contributed by atoms with Crippen LogP contribution >= 0.6 is 0 Å². The van der Waals surface area contributed by atoms with Gasteiger partial charge in [0.2, 0.25) is 0 Å². The Morgan fingerprint density at radius 2 is 2.25 bits per heavy atom. The minimum Gasteiger partial charge on any atom is -0.310 e. The van der Waals surface area contributed by atoms with Crippen LogP contribution in [0.3, 0.4) is 0 Å². The molecule has 0 saturated carbocycles. The molecule has 0 aliphatic carbocycles. The van der Waals surface area contributed by atoms with E-state index in [1.54, 1.807) is 6.26 Å². The van der Waals surface area contributed by atoms with Crippen LogP contribution in [-0.4, -0.2) is 52.8 Å². The third kappa shape index (κ3) is 4.93. The van der Waals surface area contributed by atoms with Crippen molar-refractivity contribution in [2.24, 2.45) is 0 Å². The maximum Gasteiger partial charge on any atom is 0.0277 e. The Balaban J connectivity index is 2.37. The number of nitrogens with one attached hydrogen (secondary N) is 1. The van der Waals surface area contributed by atoms with Crippen molar-refractivity contribution < 1.29 is 4.21 Å². The van der Waals surface area contributed by atoms with Gasteiger partial charge >= 0.3 is 0 Å². The smallest absolute Gasteiger partial charge is 0.0277 e. The van der Waals surface area contributed by atoms with Crippen molar-refractivity contribution in [2.45, 2.75) is 38.6 Å². The summed E-state index contributed by atoms with van der Waals surface area (Å²) in [6, 6.07) is 0. The van der Waals surface area contributed by atoms with Crippen molar-refractivity contribution in [2.75, 3.05) is 38.2 Å². The van der Waals surface area contributed by atoms with Crippen LogP contribution in [0.2, 0.25) is 0 Å². The second-order valence-electron chi connectivity index (χ2n) is 5.10. The first-order valence-corrected chi connectivity index (χ1v) is 8.06. The molecule has 3 nitrogen and oxygen atoms in total. The maximum absolute atomic E-state index is 11.0. The molecule has 0 bridgehead atoms. The van der Waals surface area contributed by atoms with Gasteiger partial charge in [-0.3, -0.25) is 4.21 Å². The first-order valence-electron chi connectivity index (χ1n) is 6.33. The summed E-state index contributed by atoms with van der Waals surface area (Å²) >= 11 is 0. The zero-order valence-electron chi connectivity index (χ0n) is 10.9. The molecule has 1 aliphatic heterocycles. The highest BCUT2D eigenvalue weighted by Crippen LogP contribution is 2.15. The molecule has 2 unspecified atom stereocenters. The predicted molar refractivity (Wildman–Crippen MR) is 71.3 cm³/mol. The van der Waals surface area contributed by atoms with Gasteiger partial charge in [0.25, 0.3) is 0 Å². The molecular weight excluding hydrogens is 220 g/mol. The molecule has 0 amide bonds. The van der Waals surface area contributed by atoms with Crippen LogP contribution in [0, 0.1) is 0 Å². The van der Waals surface area contributed by atoms with E-state index in [1.165, 1.54) is 19.4 Å². The lowest BCUT2D eigenvalue weighted by atomic mass is 9.98. The summed E-state index contributed by atoms with van der Waals surface area (Å²) in [5.41, 5.74) is 0.266. The van der Waals surface area contributed by atoms with Crippen molar-refractivity contribution in [1.29, 1.82) is 0 Å². The molecule has 0 aromatic rings. The summed E-state index contributed by atoms with van der Waals surface area (Å²) in [5, 5.41) is 3.64. The Hall–Kier alpha value is 0.0700. The lowest BCUT2D eigenvalue weighted by molar-refractivity contribution is 0.216. The molecule has 1 N–H and O–H groups in total. The van der Waals surface area contributed by atoms with Gasteiger partial charge < -0.3 is 10.2 Å². The van der Waals surface area contributed by atoms with Crippen LogP contribution in [-0.2, 0) is 10.8 Å². The molecule has 2 atom stereocenters. The van der Waals surface area contributed by atoms with Crippen molar-refractivity contribution in [1.82, 2.24) is 10.2 Å². The summed E-state index contributed by atoms with van der Waals surface area (Å²) in [5.74, 6) is 0.840. The van der Waals surface area contributed by atoms with Gasteiger partial charge in [0.1, 0.15) is 0 Å². The van der Waals surface area contributed by atoms with Crippen LogP contribution < -0.4 is 5.32 Å².